The lowest BCUT2D eigenvalue weighted by Crippen LogP contribution is -2.44. The highest BCUT2D eigenvalue weighted by atomic mass is 32.2. The van der Waals surface area contributed by atoms with Gasteiger partial charge in [0.05, 0.1) is 11.7 Å². The van der Waals surface area contributed by atoms with Crippen LogP contribution in [0.15, 0.2) is 0 Å². The molecule has 1 saturated heterocycles. The quantitative estimate of drug-likeness (QED) is 0.892. The van der Waals surface area contributed by atoms with Crippen molar-refractivity contribution >= 4 is 17.8 Å². The Balaban J connectivity index is 2.16. The van der Waals surface area contributed by atoms with Gasteiger partial charge < -0.3 is 10.2 Å². The molecule has 1 aromatic heterocycles. The van der Waals surface area contributed by atoms with Gasteiger partial charge in [-0.25, -0.2) is 4.79 Å². The predicted octanol–water partition coefficient (Wildman–Crippen LogP) is 3.40. The summed E-state index contributed by atoms with van der Waals surface area (Å²) < 4.78 is 0. The molecule has 0 saturated carbocycles. The van der Waals surface area contributed by atoms with Crippen molar-refractivity contribution in [3.8, 4) is 0 Å². The van der Waals surface area contributed by atoms with Crippen LogP contribution in [0.2, 0.25) is 0 Å². The van der Waals surface area contributed by atoms with Crippen molar-refractivity contribution < 1.29 is 4.79 Å². The molecule has 0 aliphatic carbocycles. The van der Waals surface area contributed by atoms with E-state index in [0.29, 0.717) is 11.8 Å². The number of rotatable bonds is 4. The topological polar surface area (TPSA) is 61.0 Å². The largest absolute Gasteiger partial charge is 0.337 e. The molecule has 1 fully saturated rings. The molecule has 2 amide bonds. The van der Waals surface area contributed by atoms with E-state index >= 15 is 0 Å². The zero-order valence-corrected chi connectivity index (χ0v) is 14.9. The Morgan fingerprint density at radius 2 is 2.23 bits per heavy atom. The summed E-state index contributed by atoms with van der Waals surface area (Å²) in [5.74, 6) is 0. The molecule has 0 radical (unpaired) electrons. The number of carbonyl (C=O) groups excluding carboxylic acids is 1. The maximum absolute atomic E-state index is 12.7. The van der Waals surface area contributed by atoms with Gasteiger partial charge in [0.1, 0.15) is 0 Å². The maximum Gasteiger partial charge on any atom is 0.317 e. The number of thioether (sulfide) groups is 1. The first-order valence-corrected chi connectivity index (χ1v) is 9.42. The molecule has 124 valence electrons. The molecule has 2 atom stereocenters. The number of urea groups is 1. The Kier molecular flexibility index (Phi) is 6.17. The van der Waals surface area contributed by atoms with Gasteiger partial charge in [-0.3, -0.25) is 5.10 Å². The number of aromatic amines is 1. The SMILES string of the molecule is CS[C@H](C)CNC(=O)N1CCCCC[C@@H]1c1c(C)n[nH]c1C. The molecule has 2 rings (SSSR count). The molecular formula is C16H28N4OS. The fourth-order valence-electron chi connectivity index (χ4n) is 3.12. The van der Waals surface area contributed by atoms with E-state index in [1.54, 1.807) is 11.8 Å². The van der Waals surface area contributed by atoms with E-state index in [1.807, 2.05) is 18.7 Å². The number of H-pyrrole nitrogens is 1. The van der Waals surface area contributed by atoms with E-state index in [2.05, 4.69) is 28.7 Å². The first kappa shape index (κ1) is 17.2. The maximum atomic E-state index is 12.7. The number of amides is 2. The van der Waals surface area contributed by atoms with Crippen LogP contribution in [0.1, 0.15) is 55.6 Å². The standard InChI is InChI=1S/C16H28N4OS/c1-11(22-4)10-17-16(21)20-9-7-5-6-8-14(20)15-12(2)18-19-13(15)3/h11,14H,5-10H2,1-4H3,(H,17,21)(H,18,19)/t11-,14-/m1/s1. The van der Waals surface area contributed by atoms with E-state index in [-0.39, 0.29) is 12.1 Å². The van der Waals surface area contributed by atoms with Crippen LogP contribution in [0.5, 0.6) is 0 Å². The summed E-state index contributed by atoms with van der Waals surface area (Å²) in [6, 6.07) is 0.207. The molecule has 2 N–H and O–H groups in total. The Morgan fingerprint density at radius 1 is 1.45 bits per heavy atom. The normalized spacial score (nSPS) is 20.5. The van der Waals surface area contributed by atoms with Gasteiger partial charge in [-0.15, -0.1) is 0 Å². The van der Waals surface area contributed by atoms with Gasteiger partial charge in [0.15, 0.2) is 0 Å². The first-order valence-electron chi connectivity index (χ1n) is 8.13. The van der Waals surface area contributed by atoms with Crippen LogP contribution < -0.4 is 5.32 Å². The molecule has 0 spiro atoms. The molecule has 0 bridgehead atoms. The monoisotopic (exact) mass is 324 g/mol. The van der Waals surface area contributed by atoms with Crippen molar-refractivity contribution in [2.45, 2.75) is 57.7 Å². The van der Waals surface area contributed by atoms with Crippen LogP contribution in [0.25, 0.3) is 0 Å². The summed E-state index contributed by atoms with van der Waals surface area (Å²) >= 11 is 1.77. The highest BCUT2D eigenvalue weighted by Crippen LogP contribution is 2.33. The van der Waals surface area contributed by atoms with Crippen molar-refractivity contribution in [1.82, 2.24) is 20.4 Å². The minimum Gasteiger partial charge on any atom is -0.337 e. The second-order valence-corrected chi connectivity index (χ2v) is 7.41. The molecule has 0 unspecified atom stereocenters. The van der Waals surface area contributed by atoms with Crippen LogP contribution in [-0.4, -0.2) is 45.7 Å². The van der Waals surface area contributed by atoms with Crippen LogP contribution in [-0.2, 0) is 0 Å². The summed E-state index contributed by atoms with van der Waals surface area (Å²) in [4.78, 5) is 14.7. The second kappa shape index (κ2) is 7.90. The number of hydrogen-bond donors (Lipinski definition) is 2. The average molecular weight is 324 g/mol. The highest BCUT2D eigenvalue weighted by molar-refractivity contribution is 7.99. The number of likely N-dealkylation sites (tertiary alicyclic amines) is 1. The Bertz CT molecular complexity index is 483. The third-order valence-electron chi connectivity index (χ3n) is 4.48. The fourth-order valence-corrected chi connectivity index (χ4v) is 3.37. The van der Waals surface area contributed by atoms with Crippen LogP contribution in [0.3, 0.4) is 0 Å². The average Bonchev–Trinajstić information content (AvgIpc) is 2.71. The van der Waals surface area contributed by atoms with Crippen LogP contribution in [0.4, 0.5) is 4.79 Å². The molecule has 22 heavy (non-hydrogen) atoms. The van der Waals surface area contributed by atoms with Crippen molar-refractivity contribution in [3.63, 3.8) is 0 Å². The smallest absolute Gasteiger partial charge is 0.317 e. The molecular weight excluding hydrogens is 296 g/mol. The minimum atomic E-state index is 0.0628. The molecule has 1 aromatic rings. The summed E-state index contributed by atoms with van der Waals surface area (Å²) in [5, 5.41) is 10.9. The summed E-state index contributed by atoms with van der Waals surface area (Å²) in [6.45, 7) is 7.75. The van der Waals surface area contributed by atoms with Gasteiger partial charge in [0, 0.05) is 29.6 Å². The molecule has 1 aliphatic heterocycles. The van der Waals surface area contributed by atoms with Gasteiger partial charge in [-0.2, -0.15) is 16.9 Å². The summed E-state index contributed by atoms with van der Waals surface area (Å²) in [6.07, 6.45) is 6.53. The van der Waals surface area contributed by atoms with Gasteiger partial charge in [-0.05, 0) is 32.9 Å². The third kappa shape index (κ3) is 3.97. The second-order valence-electron chi connectivity index (χ2n) is 6.14. The van der Waals surface area contributed by atoms with Crippen molar-refractivity contribution in [1.29, 1.82) is 0 Å². The lowest BCUT2D eigenvalue weighted by molar-refractivity contribution is 0.175. The van der Waals surface area contributed by atoms with Crippen molar-refractivity contribution in [3.05, 3.63) is 17.0 Å². The molecule has 5 nitrogen and oxygen atoms in total. The lowest BCUT2D eigenvalue weighted by atomic mass is 9.99. The summed E-state index contributed by atoms with van der Waals surface area (Å²) in [5.41, 5.74) is 3.30. The van der Waals surface area contributed by atoms with E-state index in [9.17, 15) is 4.79 Å². The number of nitrogens with zero attached hydrogens (tertiary/aromatic N) is 2. The number of hydrogen-bond acceptors (Lipinski definition) is 3. The van der Waals surface area contributed by atoms with E-state index in [4.69, 9.17) is 0 Å². The zero-order chi connectivity index (χ0) is 16.1. The highest BCUT2D eigenvalue weighted by Gasteiger charge is 2.30. The van der Waals surface area contributed by atoms with Crippen molar-refractivity contribution in [2.24, 2.45) is 0 Å². The number of nitrogens with one attached hydrogen (secondary N) is 2. The number of aryl methyl sites for hydroxylation is 2. The molecule has 0 aromatic carbocycles. The van der Waals surface area contributed by atoms with E-state index < -0.39 is 0 Å². The van der Waals surface area contributed by atoms with Gasteiger partial charge in [0.2, 0.25) is 0 Å². The van der Waals surface area contributed by atoms with Gasteiger partial charge >= 0.3 is 6.03 Å². The molecule has 1 aliphatic rings. The lowest BCUT2D eigenvalue weighted by Gasteiger charge is -2.31. The van der Waals surface area contributed by atoms with E-state index in [0.717, 1.165) is 30.8 Å². The van der Waals surface area contributed by atoms with E-state index in [1.165, 1.54) is 18.4 Å². The zero-order valence-electron chi connectivity index (χ0n) is 14.1. The molecule has 6 heteroatoms. The van der Waals surface area contributed by atoms with Crippen molar-refractivity contribution in [2.75, 3.05) is 19.3 Å². The minimum absolute atomic E-state index is 0.0628. The fraction of sp³-hybridized carbons (Fsp3) is 0.750. The van der Waals surface area contributed by atoms with Gasteiger partial charge in [0.25, 0.3) is 0 Å². The predicted molar refractivity (Wildman–Crippen MR) is 92.4 cm³/mol. The number of aromatic nitrogens is 2. The Morgan fingerprint density at radius 3 is 2.86 bits per heavy atom. The summed E-state index contributed by atoms with van der Waals surface area (Å²) in [7, 11) is 0. The Labute approximate surface area is 137 Å². The van der Waals surface area contributed by atoms with Crippen LogP contribution in [0, 0.1) is 13.8 Å². The van der Waals surface area contributed by atoms with Gasteiger partial charge in [-0.1, -0.05) is 19.8 Å². The third-order valence-corrected chi connectivity index (χ3v) is 5.45. The first-order chi connectivity index (χ1) is 10.5. The Hall–Kier alpha value is -1.17. The molecule has 2 heterocycles. The number of carbonyl (C=O) groups is 1. The van der Waals surface area contributed by atoms with Crippen LogP contribution >= 0.6 is 11.8 Å².